The van der Waals surface area contributed by atoms with Gasteiger partial charge in [0.25, 0.3) is 0 Å². The Morgan fingerprint density at radius 3 is 2.48 bits per heavy atom. The van der Waals surface area contributed by atoms with Crippen molar-refractivity contribution in [3.8, 4) is 0 Å². The van der Waals surface area contributed by atoms with Crippen molar-refractivity contribution < 1.29 is 4.79 Å². The highest BCUT2D eigenvalue weighted by molar-refractivity contribution is 6.42. The van der Waals surface area contributed by atoms with Crippen molar-refractivity contribution in [3.63, 3.8) is 0 Å². The molecule has 2 rings (SSSR count). The van der Waals surface area contributed by atoms with Crippen molar-refractivity contribution in [3.05, 3.63) is 33.8 Å². The summed E-state index contributed by atoms with van der Waals surface area (Å²) >= 11 is 12.6. The molecule has 0 aliphatic heterocycles. The number of amides is 1. The van der Waals surface area contributed by atoms with Gasteiger partial charge >= 0.3 is 0 Å². The molecule has 116 valence electrons. The van der Waals surface area contributed by atoms with Crippen LogP contribution in [0.25, 0.3) is 0 Å². The van der Waals surface area contributed by atoms with E-state index in [1.807, 2.05) is 12.1 Å². The van der Waals surface area contributed by atoms with Gasteiger partial charge in [-0.25, -0.2) is 0 Å². The van der Waals surface area contributed by atoms with Crippen molar-refractivity contribution in [2.24, 2.45) is 17.6 Å². The van der Waals surface area contributed by atoms with Crippen LogP contribution in [0.2, 0.25) is 10.0 Å². The first kappa shape index (κ1) is 16.6. The van der Waals surface area contributed by atoms with Crippen molar-refractivity contribution in [2.75, 3.05) is 13.1 Å². The summed E-state index contributed by atoms with van der Waals surface area (Å²) in [5, 5.41) is 1.15. The van der Waals surface area contributed by atoms with Crippen molar-refractivity contribution in [2.45, 2.75) is 32.7 Å². The first-order valence-electron chi connectivity index (χ1n) is 7.48. The molecular formula is C16H22Cl2N2O. The predicted molar refractivity (Wildman–Crippen MR) is 87.5 cm³/mol. The number of carbonyl (C=O) groups is 1. The smallest absolute Gasteiger partial charge is 0.220 e. The molecule has 0 saturated heterocycles. The number of halogens is 2. The lowest BCUT2D eigenvalue weighted by Crippen LogP contribution is -2.46. The summed E-state index contributed by atoms with van der Waals surface area (Å²) in [7, 11) is 0. The first-order valence-corrected chi connectivity index (χ1v) is 8.24. The molecule has 3 nitrogen and oxygen atoms in total. The molecule has 3 atom stereocenters. The van der Waals surface area contributed by atoms with E-state index in [1.54, 1.807) is 6.07 Å². The van der Waals surface area contributed by atoms with Crippen LogP contribution in [-0.4, -0.2) is 23.9 Å². The van der Waals surface area contributed by atoms with E-state index in [0.29, 0.717) is 10.0 Å². The molecular weight excluding hydrogens is 307 g/mol. The quantitative estimate of drug-likeness (QED) is 0.861. The molecule has 2 N–H and O–H groups in total. The number of nitrogens with zero attached hydrogens (tertiary/aromatic N) is 1. The number of rotatable bonds is 6. The molecule has 1 aromatic rings. The summed E-state index contributed by atoms with van der Waals surface area (Å²) in [6, 6.07) is 5.81. The van der Waals surface area contributed by atoms with Crippen LogP contribution in [0.5, 0.6) is 0 Å². The number of primary amides is 1. The molecule has 0 bridgehead atoms. The number of hydrogen-bond donors (Lipinski definition) is 1. The van der Waals surface area contributed by atoms with Gasteiger partial charge in [-0.2, -0.15) is 0 Å². The number of benzene rings is 1. The average molecular weight is 329 g/mol. The molecule has 5 heteroatoms. The fourth-order valence-electron chi connectivity index (χ4n) is 3.32. The third-order valence-electron chi connectivity index (χ3n) is 4.60. The van der Waals surface area contributed by atoms with E-state index in [4.69, 9.17) is 28.9 Å². The summed E-state index contributed by atoms with van der Waals surface area (Å²) in [6.07, 6.45) is 1.87. The van der Waals surface area contributed by atoms with E-state index in [2.05, 4.69) is 18.7 Å². The average Bonchev–Trinajstić information content (AvgIpc) is 2.40. The molecule has 1 aliphatic rings. The minimum absolute atomic E-state index is 0.0642. The van der Waals surface area contributed by atoms with Crippen LogP contribution in [0.15, 0.2) is 18.2 Å². The van der Waals surface area contributed by atoms with Gasteiger partial charge in [-0.1, -0.05) is 49.2 Å². The molecule has 0 spiro atoms. The standard InChI is InChI=1S/C16H22Cl2N2O/c1-3-20(4-2)15(10-8-9-11(10)16(19)21)12-6-5-7-13(17)14(12)18/h5-7,10-11,15H,3-4,8-9H2,1-2H3,(H2,19,21). The lowest BCUT2D eigenvalue weighted by atomic mass is 9.67. The van der Waals surface area contributed by atoms with E-state index >= 15 is 0 Å². The molecule has 21 heavy (non-hydrogen) atoms. The van der Waals surface area contributed by atoms with Crippen LogP contribution in [0.4, 0.5) is 0 Å². The lowest BCUT2D eigenvalue weighted by molar-refractivity contribution is -0.129. The van der Waals surface area contributed by atoms with Gasteiger partial charge in [-0.3, -0.25) is 9.69 Å². The monoisotopic (exact) mass is 328 g/mol. The van der Waals surface area contributed by atoms with Crippen LogP contribution >= 0.6 is 23.2 Å². The fraction of sp³-hybridized carbons (Fsp3) is 0.562. The molecule has 1 aromatic carbocycles. The summed E-state index contributed by atoms with van der Waals surface area (Å²) in [5.41, 5.74) is 6.54. The van der Waals surface area contributed by atoms with Crippen LogP contribution in [-0.2, 0) is 4.79 Å². The zero-order valence-electron chi connectivity index (χ0n) is 12.5. The second-order valence-corrected chi connectivity index (χ2v) is 6.34. The molecule has 0 aromatic heterocycles. The van der Waals surface area contributed by atoms with Gasteiger partial charge in [-0.05, 0) is 43.5 Å². The zero-order valence-corrected chi connectivity index (χ0v) is 14.0. The van der Waals surface area contributed by atoms with Gasteiger partial charge < -0.3 is 5.73 Å². The van der Waals surface area contributed by atoms with Gasteiger partial charge in [0.2, 0.25) is 5.91 Å². The Morgan fingerprint density at radius 2 is 2.00 bits per heavy atom. The molecule has 3 unspecified atom stereocenters. The maximum absolute atomic E-state index is 11.6. The Bertz CT molecular complexity index is 517. The Hall–Kier alpha value is -0.770. The lowest BCUT2D eigenvalue weighted by Gasteiger charge is -2.45. The van der Waals surface area contributed by atoms with Crippen LogP contribution in [0, 0.1) is 11.8 Å². The van der Waals surface area contributed by atoms with Gasteiger partial charge in [0.1, 0.15) is 0 Å². The van der Waals surface area contributed by atoms with E-state index < -0.39 is 0 Å². The molecule has 0 radical (unpaired) electrons. The summed E-state index contributed by atoms with van der Waals surface area (Å²) < 4.78 is 0. The summed E-state index contributed by atoms with van der Waals surface area (Å²) in [5.74, 6) is -0.0504. The first-order chi connectivity index (χ1) is 10.0. The Morgan fingerprint density at radius 1 is 1.33 bits per heavy atom. The summed E-state index contributed by atoms with van der Waals surface area (Å²) in [4.78, 5) is 14.0. The van der Waals surface area contributed by atoms with Gasteiger partial charge in [0.05, 0.1) is 10.0 Å². The minimum atomic E-state index is -0.207. The Balaban J connectivity index is 2.41. The SMILES string of the molecule is CCN(CC)C(c1cccc(Cl)c1Cl)C1CCC1C(N)=O. The second kappa shape index (κ2) is 6.99. The van der Waals surface area contributed by atoms with Crippen molar-refractivity contribution in [1.29, 1.82) is 0 Å². The molecule has 1 amide bonds. The van der Waals surface area contributed by atoms with Crippen molar-refractivity contribution >= 4 is 29.1 Å². The van der Waals surface area contributed by atoms with E-state index in [1.165, 1.54) is 0 Å². The molecule has 1 aliphatic carbocycles. The highest BCUT2D eigenvalue weighted by Gasteiger charge is 2.43. The van der Waals surface area contributed by atoms with Crippen LogP contribution in [0.1, 0.15) is 38.3 Å². The molecule has 1 fully saturated rings. The maximum atomic E-state index is 11.6. The van der Waals surface area contributed by atoms with E-state index in [0.717, 1.165) is 31.5 Å². The number of carbonyl (C=O) groups excluding carboxylic acids is 1. The van der Waals surface area contributed by atoms with Gasteiger partial charge in [0, 0.05) is 12.0 Å². The van der Waals surface area contributed by atoms with Crippen LogP contribution < -0.4 is 5.73 Å². The normalized spacial score (nSPS) is 22.9. The fourth-order valence-corrected chi connectivity index (χ4v) is 3.74. The van der Waals surface area contributed by atoms with Crippen molar-refractivity contribution in [1.82, 2.24) is 4.90 Å². The maximum Gasteiger partial charge on any atom is 0.220 e. The van der Waals surface area contributed by atoms with Crippen LogP contribution in [0.3, 0.4) is 0 Å². The zero-order chi connectivity index (χ0) is 15.6. The topological polar surface area (TPSA) is 46.3 Å². The largest absolute Gasteiger partial charge is 0.369 e. The Labute approximate surface area is 136 Å². The van der Waals surface area contributed by atoms with Gasteiger partial charge in [0.15, 0.2) is 0 Å². The van der Waals surface area contributed by atoms with E-state index in [-0.39, 0.29) is 23.8 Å². The van der Waals surface area contributed by atoms with E-state index in [9.17, 15) is 4.79 Å². The highest BCUT2D eigenvalue weighted by atomic mass is 35.5. The highest BCUT2D eigenvalue weighted by Crippen LogP contribution is 2.47. The third-order valence-corrected chi connectivity index (χ3v) is 5.44. The Kier molecular flexibility index (Phi) is 5.53. The second-order valence-electron chi connectivity index (χ2n) is 5.56. The third kappa shape index (κ3) is 3.20. The summed E-state index contributed by atoms with van der Waals surface area (Å²) in [6.45, 7) is 6.03. The number of hydrogen-bond acceptors (Lipinski definition) is 2. The molecule has 1 saturated carbocycles. The minimum Gasteiger partial charge on any atom is -0.369 e. The number of nitrogens with two attached hydrogens (primary N) is 1. The van der Waals surface area contributed by atoms with Gasteiger partial charge in [-0.15, -0.1) is 0 Å². The molecule has 0 heterocycles. The predicted octanol–water partition coefficient (Wildman–Crippen LogP) is 3.89.